The molecule has 0 N–H and O–H groups in total. The average molecular weight is 256 g/mol. The predicted molar refractivity (Wildman–Crippen MR) is 66.6 cm³/mol. The van der Waals surface area contributed by atoms with Crippen LogP contribution in [-0.4, -0.2) is 5.78 Å². The third kappa shape index (κ3) is 2.05. The smallest absolute Gasteiger partial charge is 0.186 e. The molecule has 0 unspecified atom stereocenters. The third-order valence-corrected chi connectivity index (χ3v) is 3.61. The number of carbonyl (C=O) groups excluding carboxylic acids is 1. The minimum atomic E-state index is -2.02. The molecule has 0 heterocycles. The van der Waals surface area contributed by atoms with Crippen molar-refractivity contribution in [2.24, 2.45) is 22.2 Å². The van der Waals surface area contributed by atoms with Gasteiger partial charge in [0.2, 0.25) is 0 Å². The molecule has 19 heavy (non-hydrogen) atoms. The van der Waals surface area contributed by atoms with E-state index in [2.05, 4.69) is 0 Å². The zero-order chi connectivity index (χ0) is 15.5. The molecule has 0 aromatic heterocycles. The summed E-state index contributed by atoms with van der Waals surface area (Å²) in [6.45, 7) is 7.40. The molecule has 0 saturated carbocycles. The van der Waals surface area contributed by atoms with Gasteiger partial charge in [-0.05, 0) is 6.92 Å². The highest BCUT2D eigenvalue weighted by molar-refractivity contribution is 5.88. The molecule has 0 spiro atoms. The molecule has 0 aromatic rings. The van der Waals surface area contributed by atoms with Crippen molar-refractivity contribution in [3.63, 3.8) is 0 Å². The van der Waals surface area contributed by atoms with E-state index in [9.17, 15) is 25.8 Å². The van der Waals surface area contributed by atoms with Gasteiger partial charge in [0.05, 0.1) is 29.7 Å². The number of nitrogens with zero attached hydrogens (tertiary/aromatic N) is 4. The molecule has 0 radical (unpaired) electrons. The second kappa shape index (κ2) is 5.09. The van der Waals surface area contributed by atoms with Crippen LogP contribution in [0.5, 0.6) is 0 Å². The Morgan fingerprint density at radius 3 is 1.47 bits per heavy atom. The quantitative estimate of drug-likeness (QED) is 0.765. The first-order chi connectivity index (χ1) is 8.60. The Kier molecular flexibility index (Phi) is 4.46. The topological polar surface area (TPSA) is 112 Å². The van der Waals surface area contributed by atoms with Gasteiger partial charge in [-0.15, -0.1) is 0 Å². The lowest BCUT2D eigenvalue weighted by atomic mass is 9.52. The Balaban J connectivity index is 6.39. The molecule has 5 heteroatoms. The monoisotopic (exact) mass is 256 g/mol. The fourth-order valence-electron chi connectivity index (χ4n) is 2.25. The highest BCUT2D eigenvalue weighted by atomic mass is 16.1. The summed E-state index contributed by atoms with van der Waals surface area (Å²) in [6.07, 6.45) is 0. The summed E-state index contributed by atoms with van der Waals surface area (Å²) in [7, 11) is 0. The van der Waals surface area contributed by atoms with Gasteiger partial charge in [0.15, 0.2) is 10.8 Å². The normalized spacial score (nSPS) is 11.9. The predicted octanol–water partition coefficient (Wildman–Crippen LogP) is 2.32. The van der Waals surface area contributed by atoms with E-state index >= 15 is 0 Å². The van der Waals surface area contributed by atoms with Crippen LogP contribution in [0.4, 0.5) is 0 Å². The molecular formula is C14H16N4O. The van der Waals surface area contributed by atoms with Crippen molar-refractivity contribution in [3.8, 4) is 24.3 Å². The minimum absolute atomic E-state index is 0.327. The van der Waals surface area contributed by atoms with Crippen LogP contribution in [0.25, 0.3) is 0 Å². The summed E-state index contributed by atoms with van der Waals surface area (Å²) in [5.74, 6) is -0.731. The summed E-state index contributed by atoms with van der Waals surface area (Å²) in [4.78, 5) is 12.3. The summed E-state index contributed by atoms with van der Waals surface area (Å²) >= 11 is 0. The minimum Gasteiger partial charge on any atom is -0.299 e. The fraction of sp³-hybridized carbons (Fsp3) is 0.643. The van der Waals surface area contributed by atoms with E-state index in [1.807, 2.05) is 0 Å². The Labute approximate surface area is 113 Å². The molecule has 0 rings (SSSR count). The van der Waals surface area contributed by atoms with Crippen molar-refractivity contribution in [2.45, 2.75) is 34.6 Å². The molecule has 0 aromatic carbocycles. The Morgan fingerprint density at radius 1 is 0.895 bits per heavy atom. The molecule has 0 bridgehead atoms. The first-order valence-electron chi connectivity index (χ1n) is 5.79. The number of hydrogen-bond acceptors (Lipinski definition) is 5. The van der Waals surface area contributed by atoms with Crippen molar-refractivity contribution in [1.29, 1.82) is 21.0 Å². The van der Waals surface area contributed by atoms with Gasteiger partial charge in [0.1, 0.15) is 5.78 Å². The number of carbonyl (C=O) groups is 1. The maximum absolute atomic E-state index is 12.3. The molecule has 0 aliphatic rings. The average Bonchev–Trinajstić information content (AvgIpc) is 2.38. The summed E-state index contributed by atoms with van der Waals surface area (Å²) < 4.78 is 0. The van der Waals surface area contributed by atoms with Crippen LogP contribution in [-0.2, 0) is 4.79 Å². The first kappa shape index (κ1) is 16.6. The molecule has 5 nitrogen and oxygen atoms in total. The zero-order valence-electron chi connectivity index (χ0n) is 11.8. The SMILES string of the molecule is CC(C)C(=O)C(C)(C)C(C#N)(C#N)C(C)(C#N)C#N. The van der Waals surface area contributed by atoms with Crippen LogP contribution in [0.3, 0.4) is 0 Å². The van der Waals surface area contributed by atoms with E-state index in [1.165, 1.54) is 20.8 Å². The standard InChI is InChI=1S/C14H16N4O/c1-10(2)11(19)12(3,4)14(8-17,9-18)13(5,6-15)7-16/h10H,1-5H3. The molecule has 0 saturated heterocycles. The van der Waals surface area contributed by atoms with Crippen molar-refractivity contribution >= 4 is 5.78 Å². The molecule has 0 fully saturated rings. The second-order valence-electron chi connectivity index (χ2n) is 5.47. The lowest BCUT2D eigenvalue weighted by Crippen LogP contribution is -2.52. The molecule has 98 valence electrons. The van der Waals surface area contributed by atoms with E-state index in [0.29, 0.717) is 0 Å². The summed E-state index contributed by atoms with van der Waals surface area (Å²) in [6, 6.07) is 6.94. The van der Waals surface area contributed by atoms with Gasteiger partial charge in [-0.2, -0.15) is 21.0 Å². The van der Waals surface area contributed by atoms with Gasteiger partial charge in [-0.25, -0.2) is 0 Å². The highest BCUT2D eigenvalue weighted by Crippen LogP contribution is 2.52. The third-order valence-electron chi connectivity index (χ3n) is 3.61. The summed E-state index contributed by atoms with van der Waals surface area (Å²) in [5, 5.41) is 37.2. The molecule has 0 atom stereocenters. The van der Waals surface area contributed by atoms with Gasteiger partial charge >= 0.3 is 0 Å². The number of ketones is 1. The molecular weight excluding hydrogens is 240 g/mol. The lowest BCUT2D eigenvalue weighted by molar-refractivity contribution is -0.135. The molecule has 0 aliphatic heterocycles. The van der Waals surface area contributed by atoms with Crippen LogP contribution in [0.2, 0.25) is 0 Å². The van der Waals surface area contributed by atoms with Crippen LogP contribution in [0.15, 0.2) is 0 Å². The number of rotatable bonds is 4. The van der Waals surface area contributed by atoms with E-state index in [4.69, 9.17) is 0 Å². The van der Waals surface area contributed by atoms with Crippen LogP contribution in [0.1, 0.15) is 34.6 Å². The van der Waals surface area contributed by atoms with Gasteiger partial charge in [-0.1, -0.05) is 27.7 Å². The van der Waals surface area contributed by atoms with Gasteiger partial charge < -0.3 is 0 Å². The maximum Gasteiger partial charge on any atom is 0.186 e. The van der Waals surface area contributed by atoms with Gasteiger partial charge in [0, 0.05) is 5.92 Å². The highest BCUT2D eigenvalue weighted by Gasteiger charge is 2.63. The van der Waals surface area contributed by atoms with Crippen molar-refractivity contribution in [2.75, 3.05) is 0 Å². The van der Waals surface area contributed by atoms with Crippen LogP contribution in [0, 0.1) is 67.5 Å². The van der Waals surface area contributed by atoms with Crippen molar-refractivity contribution < 1.29 is 4.79 Å². The molecule has 0 amide bonds. The Hall–Kier alpha value is -2.37. The van der Waals surface area contributed by atoms with Gasteiger partial charge in [-0.3, -0.25) is 4.79 Å². The largest absolute Gasteiger partial charge is 0.299 e. The summed E-state index contributed by atoms with van der Waals surface area (Å²) in [5.41, 5.74) is -5.33. The van der Waals surface area contributed by atoms with Crippen molar-refractivity contribution in [3.05, 3.63) is 0 Å². The van der Waals surface area contributed by atoms with E-state index in [-0.39, 0.29) is 5.78 Å². The van der Waals surface area contributed by atoms with Crippen LogP contribution < -0.4 is 0 Å². The van der Waals surface area contributed by atoms with E-state index in [0.717, 1.165) is 0 Å². The van der Waals surface area contributed by atoms with Gasteiger partial charge in [0.25, 0.3) is 0 Å². The Morgan fingerprint density at radius 2 is 1.26 bits per heavy atom. The molecule has 0 aliphatic carbocycles. The lowest BCUT2D eigenvalue weighted by Gasteiger charge is -2.41. The maximum atomic E-state index is 12.3. The van der Waals surface area contributed by atoms with E-state index in [1.54, 1.807) is 38.1 Å². The zero-order valence-corrected chi connectivity index (χ0v) is 11.8. The van der Waals surface area contributed by atoms with Crippen LogP contribution >= 0.6 is 0 Å². The first-order valence-corrected chi connectivity index (χ1v) is 5.79. The number of Topliss-reactive ketones (excluding diaryl/α,β-unsaturated/α-hetero) is 1. The Bertz CT molecular complexity index is 518. The number of hydrogen-bond donors (Lipinski definition) is 0. The van der Waals surface area contributed by atoms with Crippen molar-refractivity contribution in [1.82, 2.24) is 0 Å². The van der Waals surface area contributed by atoms with E-state index < -0.39 is 22.2 Å². The number of nitriles is 4. The second-order valence-corrected chi connectivity index (χ2v) is 5.47. The fourth-order valence-corrected chi connectivity index (χ4v) is 2.25.